The number of hydrogen-bond acceptors (Lipinski definition) is 2. The van der Waals surface area contributed by atoms with E-state index in [9.17, 15) is 9.50 Å². The molecule has 6 heteroatoms. The van der Waals surface area contributed by atoms with Crippen molar-refractivity contribution in [2.24, 2.45) is 16.6 Å². The summed E-state index contributed by atoms with van der Waals surface area (Å²) in [6, 6.07) is 3.95. The van der Waals surface area contributed by atoms with E-state index in [-0.39, 0.29) is 11.6 Å². The molecule has 0 bridgehead atoms. The van der Waals surface area contributed by atoms with E-state index in [1.165, 1.54) is 37.5 Å². The number of nitrogens with zero attached hydrogens (tertiary/aromatic N) is 1. The summed E-state index contributed by atoms with van der Waals surface area (Å²) in [4.78, 5) is 4.06. The monoisotopic (exact) mass is 299 g/mol. The van der Waals surface area contributed by atoms with Gasteiger partial charge in [-0.1, -0.05) is 18.0 Å². The number of aliphatic imine (C=N–C) groups is 1. The highest BCUT2D eigenvalue weighted by atomic mass is 35.5. The molecule has 1 saturated carbocycles. The molecule has 20 heavy (non-hydrogen) atoms. The molecule has 1 aliphatic rings. The maximum atomic E-state index is 13.2. The number of nitrogens with one attached hydrogen (secondary N) is 1. The van der Waals surface area contributed by atoms with Crippen LogP contribution in [-0.4, -0.2) is 24.2 Å². The highest BCUT2D eigenvalue weighted by molar-refractivity contribution is 6.30. The zero-order valence-corrected chi connectivity index (χ0v) is 11.9. The van der Waals surface area contributed by atoms with E-state index in [0.717, 1.165) is 6.54 Å². The van der Waals surface area contributed by atoms with Gasteiger partial charge in [-0.2, -0.15) is 0 Å². The van der Waals surface area contributed by atoms with Gasteiger partial charge in [0.25, 0.3) is 0 Å². The van der Waals surface area contributed by atoms with E-state index in [1.54, 1.807) is 0 Å². The Hall–Kier alpha value is -1.33. The Bertz CT molecular complexity index is 471. The molecule has 4 N–H and O–H groups in total. The van der Waals surface area contributed by atoms with Crippen molar-refractivity contribution in [1.29, 1.82) is 0 Å². The average molecular weight is 300 g/mol. The minimum absolute atomic E-state index is 0.0727. The smallest absolute Gasteiger partial charge is 0.188 e. The first-order valence-electron chi connectivity index (χ1n) is 6.72. The maximum absolute atomic E-state index is 13.2. The van der Waals surface area contributed by atoms with Crippen LogP contribution in [0.2, 0.25) is 5.02 Å². The second-order valence-corrected chi connectivity index (χ2v) is 5.56. The van der Waals surface area contributed by atoms with Crippen LogP contribution >= 0.6 is 11.6 Å². The molecular formula is C14H19ClFN3O. The predicted octanol–water partition coefficient (Wildman–Crippen LogP) is 2.22. The fourth-order valence-corrected chi connectivity index (χ4v) is 2.29. The summed E-state index contributed by atoms with van der Waals surface area (Å²) < 4.78 is 13.2. The van der Waals surface area contributed by atoms with Crippen molar-refractivity contribution in [3.63, 3.8) is 0 Å². The molecule has 0 amide bonds. The quantitative estimate of drug-likeness (QED) is 0.577. The molecule has 0 aromatic heterocycles. The molecule has 2 rings (SSSR count). The largest absolute Gasteiger partial charge is 0.386 e. The van der Waals surface area contributed by atoms with E-state index in [4.69, 9.17) is 17.3 Å². The molecule has 1 fully saturated rings. The summed E-state index contributed by atoms with van der Waals surface area (Å²) in [7, 11) is 0. The second-order valence-electron chi connectivity index (χ2n) is 5.12. The fraction of sp³-hybridized carbons (Fsp3) is 0.500. The average Bonchev–Trinajstić information content (AvgIpc) is 2.32. The minimum atomic E-state index is -0.924. The second kappa shape index (κ2) is 6.90. The van der Waals surface area contributed by atoms with Crippen molar-refractivity contribution in [3.05, 3.63) is 34.6 Å². The third kappa shape index (κ3) is 4.35. The van der Waals surface area contributed by atoms with Crippen LogP contribution in [0.5, 0.6) is 0 Å². The molecule has 1 atom stereocenters. The van der Waals surface area contributed by atoms with E-state index >= 15 is 0 Å². The van der Waals surface area contributed by atoms with Gasteiger partial charge in [-0.05, 0) is 42.5 Å². The van der Waals surface area contributed by atoms with E-state index in [0.29, 0.717) is 17.4 Å². The number of rotatable bonds is 5. The first-order valence-corrected chi connectivity index (χ1v) is 7.10. The zero-order chi connectivity index (χ0) is 14.5. The summed E-state index contributed by atoms with van der Waals surface area (Å²) >= 11 is 5.74. The Morgan fingerprint density at radius 1 is 1.50 bits per heavy atom. The molecule has 1 aromatic carbocycles. The van der Waals surface area contributed by atoms with Gasteiger partial charge in [0.1, 0.15) is 5.82 Å². The normalized spacial score (nSPS) is 17.6. The molecule has 110 valence electrons. The molecule has 0 radical (unpaired) electrons. The van der Waals surface area contributed by atoms with E-state index < -0.39 is 11.9 Å². The van der Waals surface area contributed by atoms with Crippen LogP contribution in [0.15, 0.2) is 23.2 Å². The number of halogens is 2. The number of guanidine groups is 1. The highest BCUT2D eigenvalue weighted by Crippen LogP contribution is 2.25. The van der Waals surface area contributed by atoms with Gasteiger partial charge < -0.3 is 16.2 Å². The Balaban J connectivity index is 1.84. The fourth-order valence-electron chi connectivity index (χ4n) is 2.06. The van der Waals surface area contributed by atoms with Gasteiger partial charge in [0.15, 0.2) is 5.96 Å². The lowest BCUT2D eigenvalue weighted by molar-refractivity contribution is 0.186. The number of benzene rings is 1. The van der Waals surface area contributed by atoms with Gasteiger partial charge in [0, 0.05) is 11.6 Å². The standard InChI is InChI=1S/C14H19ClFN3O/c15-11-4-10(5-12(16)6-11)13(20)8-19-14(17)18-7-9-2-1-3-9/h4-6,9,13,20H,1-3,7-8H2,(H3,17,18,19). The first kappa shape index (κ1) is 15.1. The van der Waals surface area contributed by atoms with Crippen LogP contribution < -0.4 is 11.1 Å². The summed E-state index contributed by atoms with van der Waals surface area (Å²) in [6.45, 7) is 0.889. The van der Waals surface area contributed by atoms with Gasteiger partial charge in [-0.3, -0.25) is 4.99 Å². The molecule has 0 spiro atoms. The molecule has 1 unspecified atom stereocenters. The molecule has 4 nitrogen and oxygen atoms in total. The van der Waals surface area contributed by atoms with E-state index in [1.807, 2.05) is 0 Å². The third-order valence-electron chi connectivity index (χ3n) is 3.50. The number of aliphatic hydroxyl groups excluding tert-OH is 1. The van der Waals surface area contributed by atoms with Gasteiger partial charge in [-0.15, -0.1) is 0 Å². The van der Waals surface area contributed by atoms with Crippen molar-refractivity contribution in [2.75, 3.05) is 13.1 Å². The van der Waals surface area contributed by atoms with E-state index in [2.05, 4.69) is 10.3 Å². The third-order valence-corrected chi connectivity index (χ3v) is 3.72. The number of hydrogen-bond donors (Lipinski definition) is 3. The summed E-state index contributed by atoms with van der Waals surface area (Å²) in [6.07, 6.45) is 2.81. The zero-order valence-electron chi connectivity index (χ0n) is 11.1. The minimum Gasteiger partial charge on any atom is -0.386 e. The summed E-state index contributed by atoms with van der Waals surface area (Å²) in [5, 5.41) is 13.2. The lowest BCUT2D eigenvalue weighted by atomic mass is 9.85. The lowest BCUT2D eigenvalue weighted by Gasteiger charge is -2.25. The van der Waals surface area contributed by atoms with Crippen molar-refractivity contribution >= 4 is 17.6 Å². The van der Waals surface area contributed by atoms with Crippen molar-refractivity contribution in [3.8, 4) is 0 Å². The number of aliphatic hydroxyl groups is 1. The van der Waals surface area contributed by atoms with Crippen LogP contribution in [0.1, 0.15) is 30.9 Å². The van der Waals surface area contributed by atoms with Crippen LogP contribution in [-0.2, 0) is 0 Å². The maximum Gasteiger partial charge on any atom is 0.188 e. The van der Waals surface area contributed by atoms with Gasteiger partial charge in [0.2, 0.25) is 0 Å². The van der Waals surface area contributed by atoms with Crippen molar-refractivity contribution in [2.45, 2.75) is 25.4 Å². The Morgan fingerprint density at radius 3 is 2.85 bits per heavy atom. The molecule has 0 saturated heterocycles. The Kier molecular flexibility index (Phi) is 5.20. The van der Waals surface area contributed by atoms with Crippen LogP contribution in [0.3, 0.4) is 0 Å². The first-order chi connectivity index (χ1) is 9.54. The SMILES string of the molecule is NC(=NCC(O)c1cc(F)cc(Cl)c1)NCC1CCC1. The van der Waals surface area contributed by atoms with Gasteiger partial charge >= 0.3 is 0 Å². The van der Waals surface area contributed by atoms with Gasteiger partial charge in [0.05, 0.1) is 12.6 Å². The molecule has 0 heterocycles. The van der Waals surface area contributed by atoms with Crippen LogP contribution in [0.25, 0.3) is 0 Å². The molecule has 1 aromatic rings. The molecule has 1 aliphatic carbocycles. The van der Waals surface area contributed by atoms with Crippen LogP contribution in [0.4, 0.5) is 4.39 Å². The van der Waals surface area contributed by atoms with Gasteiger partial charge in [-0.25, -0.2) is 4.39 Å². The Morgan fingerprint density at radius 2 is 2.25 bits per heavy atom. The molecule has 0 aliphatic heterocycles. The molecular weight excluding hydrogens is 281 g/mol. The summed E-state index contributed by atoms with van der Waals surface area (Å²) in [5.74, 6) is 0.501. The topological polar surface area (TPSA) is 70.6 Å². The summed E-state index contributed by atoms with van der Waals surface area (Å²) in [5.41, 5.74) is 6.11. The predicted molar refractivity (Wildman–Crippen MR) is 78.2 cm³/mol. The Labute approximate surface area is 122 Å². The lowest BCUT2D eigenvalue weighted by Crippen LogP contribution is -2.37. The number of nitrogens with two attached hydrogens (primary N) is 1. The van der Waals surface area contributed by atoms with Crippen LogP contribution in [0, 0.1) is 11.7 Å². The van der Waals surface area contributed by atoms with Crippen molar-refractivity contribution in [1.82, 2.24) is 5.32 Å². The highest BCUT2D eigenvalue weighted by Gasteiger charge is 2.17. The van der Waals surface area contributed by atoms with Crippen molar-refractivity contribution < 1.29 is 9.50 Å².